The van der Waals surface area contributed by atoms with E-state index in [0.29, 0.717) is 6.61 Å². The van der Waals surface area contributed by atoms with Crippen molar-refractivity contribution in [1.82, 2.24) is 9.99 Å². The molecule has 0 saturated carbocycles. The molecule has 3 rings (SSSR count). The molecule has 0 unspecified atom stereocenters. The van der Waals surface area contributed by atoms with Crippen LogP contribution in [0.1, 0.15) is 18.2 Å². The number of aromatic nitrogens is 1. The topological polar surface area (TPSA) is 84.7 Å². The van der Waals surface area contributed by atoms with Crippen molar-refractivity contribution in [3.63, 3.8) is 0 Å². The normalized spacial score (nSPS) is 11.0. The summed E-state index contributed by atoms with van der Waals surface area (Å²) in [7, 11) is 0. The molecule has 30 heavy (non-hydrogen) atoms. The van der Waals surface area contributed by atoms with Crippen molar-refractivity contribution in [1.29, 1.82) is 0 Å². The number of esters is 1. The van der Waals surface area contributed by atoms with Crippen LogP contribution in [-0.4, -0.2) is 35.8 Å². The third-order valence-electron chi connectivity index (χ3n) is 4.55. The summed E-state index contributed by atoms with van der Waals surface area (Å²) in [6, 6.07) is 15.3. The minimum Gasteiger partial charge on any atom is -0.465 e. The van der Waals surface area contributed by atoms with E-state index in [2.05, 4.69) is 31.8 Å². The van der Waals surface area contributed by atoms with E-state index in [0.717, 1.165) is 32.3 Å². The molecule has 156 valence electrons. The molecule has 8 heteroatoms. The summed E-state index contributed by atoms with van der Waals surface area (Å²) >= 11 is 3.37. The Morgan fingerprint density at radius 1 is 1.17 bits per heavy atom. The van der Waals surface area contributed by atoms with Gasteiger partial charge in [-0.25, -0.2) is 5.43 Å². The van der Waals surface area contributed by atoms with Crippen LogP contribution in [-0.2, 0) is 20.9 Å². The Kier molecular flexibility index (Phi) is 7.24. The molecule has 0 aliphatic carbocycles. The van der Waals surface area contributed by atoms with Gasteiger partial charge in [0.1, 0.15) is 6.54 Å². The number of nitrogens with one attached hydrogen (secondary N) is 2. The van der Waals surface area contributed by atoms with Gasteiger partial charge >= 0.3 is 5.97 Å². The summed E-state index contributed by atoms with van der Waals surface area (Å²) in [6.45, 7) is 4.26. The van der Waals surface area contributed by atoms with E-state index in [1.165, 1.54) is 0 Å². The van der Waals surface area contributed by atoms with Gasteiger partial charge in [0.2, 0.25) is 0 Å². The Bertz CT molecular complexity index is 1070. The number of hydrogen-bond acceptors (Lipinski definition) is 5. The number of benzene rings is 2. The number of rotatable bonds is 8. The van der Waals surface area contributed by atoms with E-state index >= 15 is 0 Å². The fraction of sp³-hybridized carbons (Fsp3) is 0.227. The molecular formula is C22H23BrN4O3. The lowest BCUT2D eigenvalue weighted by atomic mass is 10.1. The first-order valence-corrected chi connectivity index (χ1v) is 10.3. The second-order valence-corrected chi connectivity index (χ2v) is 7.48. The van der Waals surface area contributed by atoms with Crippen LogP contribution in [0.5, 0.6) is 0 Å². The largest absolute Gasteiger partial charge is 0.465 e. The molecule has 1 amide bonds. The molecule has 0 spiro atoms. The quantitative estimate of drug-likeness (QED) is 0.297. The number of nitrogens with zero attached hydrogens (tertiary/aromatic N) is 2. The van der Waals surface area contributed by atoms with Crippen molar-refractivity contribution >= 4 is 50.6 Å². The molecule has 0 aliphatic heterocycles. The predicted molar refractivity (Wildman–Crippen MR) is 122 cm³/mol. The van der Waals surface area contributed by atoms with Gasteiger partial charge in [-0.3, -0.25) is 9.59 Å². The number of hydrogen-bond donors (Lipinski definition) is 2. The first-order chi connectivity index (χ1) is 14.5. The fourth-order valence-electron chi connectivity index (χ4n) is 3.12. The third-order valence-corrected chi connectivity index (χ3v) is 5.08. The highest BCUT2D eigenvalue weighted by Gasteiger charge is 2.15. The van der Waals surface area contributed by atoms with Crippen LogP contribution in [0.2, 0.25) is 0 Å². The van der Waals surface area contributed by atoms with Crippen LogP contribution in [0.15, 0.2) is 58.1 Å². The molecule has 0 aliphatic rings. The molecule has 0 saturated heterocycles. The van der Waals surface area contributed by atoms with Crippen molar-refractivity contribution < 1.29 is 14.3 Å². The molecule has 1 aromatic heterocycles. The Morgan fingerprint density at radius 2 is 1.90 bits per heavy atom. The minimum atomic E-state index is -0.294. The number of carbonyl (C=O) groups is 2. The lowest BCUT2D eigenvalue weighted by molar-refractivity contribution is -0.143. The van der Waals surface area contributed by atoms with Crippen molar-refractivity contribution in [3.05, 3.63) is 64.3 Å². The maximum Gasteiger partial charge on any atom is 0.325 e. The Morgan fingerprint density at radius 3 is 2.63 bits per heavy atom. The first kappa shape index (κ1) is 21.6. The zero-order valence-electron chi connectivity index (χ0n) is 16.8. The van der Waals surface area contributed by atoms with Gasteiger partial charge in [-0.2, -0.15) is 5.10 Å². The van der Waals surface area contributed by atoms with Crippen molar-refractivity contribution in [2.24, 2.45) is 5.10 Å². The Labute approximate surface area is 183 Å². The highest BCUT2D eigenvalue weighted by atomic mass is 79.9. The molecule has 3 aromatic rings. The standard InChI is InChI=1S/C22H23BrN4O3/c1-3-30-22(29)14-27-15(2)19(18-6-4-5-7-20(18)27)12-25-26-21(28)13-24-17-10-8-16(23)9-11-17/h4-12,24H,3,13-14H2,1-2H3,(H,26,28)/b25-12-. The van der Waals surface area contributed by atoms with E-state index in [9.17, 15) is 9.59 Å². The van der Waals surface area contributed by atoms with Gasteiger partial charge in [0, 0.05) is 32.3 Å². The van der Waals surface area contributed by atoms with Crippen LogP contribution in [0.3, 0.4) is 0 Å². The zero-order valence-corrected chi connectivity index (χ0v) is 18.4. The number of fused-ring (bicyclic) bond motifs is 1. The number of carbonyl (C=O) groups excluding carboxylic acids is 2. The average Bonchev–Trinajstić information content (AvgIpc) is 2.99. The summed E-state index contributed by atoms with van der Waals surface area (Å²) in [5.41, 5.74) is 6.00. The maximum absolute atomic E-state index is 12.1. The Balaban J connectivity index is 1.69. The molecule has 2 N–H and O–H groups in total. The minimum absolute atomic E-state index is 0.0998. The van der Waals surface area contributed by atoms with E-state index in [1.807, 2.05) is 60.0 Å². The van der Waals surface area contributed by atoms with Crippen molar-refractivity contribution in [3.8, 4) is 0 Å². The number of halogens is 1. The number of hydrazone groups is 1. The molecule has 2 aromatic carbocycles. The molecule has 0 fully saturated rings. The Hall–Kier alpha value is -3.13. The smallest absolute Gasteiger partial charge is 0.325 e. The fourth-order valence-corrected chi connectivity index (χ4v) is 3.38. The SMILES string of the molecule is CCOC(=O)Cn1c(C)c(/C=N\NC(=O)CNc2ccc(Br)cc2)c2ccccc21. The number of para-hydroxylation sites is 1. The molecule has 0 atom stereocenters. The highest BCUT2D eigenvalue weighted by Crippen LogP contribution is 2.24. The second-order valence-electron chi connectivity index (χ2n) is 6.56. The summed E-state index contributed by atoms with van der Waals surface area (Å²) in [5, 5.41) is 8.09. The van der Waals surface area contributed by atoms with E-state index < -0.39 is 0 Å². The second kappa shape index (κ2) is 10.1. The summed E-state index contributed by atoms with van der Waals surface area (Å²) < 4.78 is 7.95. The predicted octanol–water partition coefficient (Wildman–Crippen LogP) is 3.84. The van der Waals surface area contributed by atoms with Crippen LogP contribution < -0.4 is 10.7 Å². The van der Waals surface area contributed by atoms with Crippen LogP contribution in [0, 0.1) is 6.92 Å². The number of ether oxygens (including phenoxy) is 1. The summed E-state index contributed by atoms with van der Waals surface area (Å²) in [6.07, 6.45) is 1.61. The van der Waals surface area contributed by atoms with Gasteiger partial charge in [-0.15, -0.1) is 0 Å². The molecule has 0 radical (unpaired) electrons. The number of amides is 1. The van der Waals surface area contributed by atoms with Gasteiger partial charge in [-0.05, 0) is 44.2 Å². The molecule has 0 bridgehead atoms. The van der Waals surface area contributed by atoms with Gasteiger partial charge in [0.15, 0.2) is 0 Å². The van der Waals surface area contributed by atoms with Crippen molar-refractivity contribution in [2.45, 2.75) is 20.4 Å². The molecule has 1 heterocycles. The number of anilines is 1. The van der Waals surface area contributed by atoms with Crippen molar-refractivity contribution in [2.75, 3.05) is 18.5 Å². The van der Waals surface area contributed by atoms with Crippen LogP contribution in [0.25, 0.3) is 10.9 Å². The van der Waals surface area contributed by atoms with E-state index in [-0.39, 0.29) is 25.0 Å². The van der Waals surface area contributed by atoms with Gasteiger partial charge in [-0.1, -0.05) is 34.1 Å². The van der Waals surface area contributed by atoms with E-state index in [4.69, 9.17) is 4.74 Å². The summed E-state index contributed by atoms with van der Waals surface area (Å²) in [5.74, 6) is -0.556. The van der Waals surface area contributed by atoms with Gasteiger partial charge < -0.3 is 14.6 Å². The maximum atomic E-state index is 12.1. The monoisotopic (exact) mass is 470 g/mol. The lowest BCUT2D eigenvalue weighted by Crippen LogP contribution is -2.25. The van der Waals surface area contributed by atoms with Gasteiger partial charge in [0.25, 0.3) is 5.91 Å². The molecular weight excluding hydrogens is 448 g/mol. The zero-order chi connectivity index (χ0) is 21.5. The van der Waals surface area contributed by atoms with Gasteiger partial charge in [0.05, 0.1) is 19.4 Å². The van der Waals surface area contributed by atoms with Crippen LogP contribution >= 0.6 is 15.9 Å². The van der Waals surface area contributed by atoms with Crippen LogP contribution in [0.4, 0.5) is 5.69 Å². The first-order valence-electron chi connectivity index (χ1n) is 9.54. The summed E-state index contributed by atoms with van der Waals surface area (Å²) in [4.78, 5) is 24.1. The highest BCUT2D eigenvalue weighted by molar-refractivity contribution is 9.10. The van der Waals surface area contributed by atoms with E-state index in [1.54, 1.807) is 13.1 Å². The average molecular weight is 471 g/mol. The third kappa shape index (κ3) is 5.27. The lowest BCUT2D eigenvalue weighted by Gasteiger charge is -2.07. The molecule has 7 nitrogen and oxygen atoms in total.